The molecule has 1 saturated heterocycles. The number of aromatic nitrogens is 3. The SMILES string of the molecule is CN(C)c1nccc(CNC2CCN(c3nccs3)CC2)n1. The zero-order valence-corrected chi connectivity index (χ0v) is 13.9. The van der Waals surface area contributed by atoms with Gasteiger partial charge in [-0.05, 0) is 18.9 Å². The van der Waals surface area contributed by atoms with Crippen LogP contribution in [0.1, 0.15) is 18.5 Å². The second-order valence-electron chi connectivity index (χ2n) is 5.70. The van der Waals surface area contributed by atoms with Crippen LogP contribution >= 0.6 is 11.3 Å². The molecule has 3 heterocycles. The lowest BCUT2D eigenvalue weighted by Crippen LogP contribution is -2.42. The van der Waals surface area contributed by atoms with Gasteiger partial charge in [-0.2, -0.15) is 0 Å². The van der Waals surface area contributed by atoms with Crippen molar-refractivity contribution in [1.82, 2.24) is 20.3 Å². The van der Waals surface area contributed by atoms with Gasteiger partial charge >= 0.3 is 0 Å². The second-order valence-corrected chi connectivity index (χ2v) is 6.57. The number of rotatable bonds is 5. The van der Waals surface area contributed by atoms with E-state index >= 15 is 0 Å². The van der Waals surface area contributed by atoms with Crippen molar-refractivity contribution in [3.8, 4) is 0 Å². The van der Waals surface area contributed by atoms with E-state index in [2.05, 4.69) is 25.2 Å². The number of piperidine rings is 1. The minimum atomic E-state index is 0.550. The summed E-state index contributed by atoms with van der Waals surface area (Å²) in [7, 11) is 3.92. The van der Waals surface area contributed by atoms with Gasteiger partial charge in [0.25, 0.3) is 0 Å². The minimum absolute atomic E-state index is 0.550. The van der Waals surface area contributed by atoms with Crippen molar-refractivity contribution in [3.05, 3.63) is 29.5 Å². The minimum Gasteiger partial charge on any atom is -0.348 e. The van der Waals surface area contributed by atoms with Crippen LogP contribution in [0.4, 0.5) is 11.1 Å². The highest BCUT2D eigenvalue weighted by molar-refractivity contribution is 7.13. The lowest BCUT2D eigenvalue weighted by Gasteiger charge is -2.32. The van der Waals surface area contributed by atoms with Crippen molar-refractivity contribution in [2.75, 3.05) is 37.0 Å². The van der Waals surface area contributed by atoms with Gasteiger partial charge in [-0.15, -0.1) is 11.3 Å². The van der Waals surface area contributed by atoms with Crippen LogP contribution in [0, 0.1) is 0 Å². The number of hydrogen-bond acceptors (Lipinski definition) is 7. The summed E-state index contributed by atoms with van der Waals surface area (Å²) in [5.41, 5.74) is 1.04. The van der Waals surface area contributed by atoms with Crippen LogP contribution in [0.3, 0.4) is 0 Å². The van der Waals surface area contributed by atoms with Gasteiger partial charge in [0.15, 0.2) is 5.13 Å². The van der Waals surface area contributed by atoms with Crippen molar-refractivity contribution in [2.24, 2.45) is 0 Å². The van der Waals surface area contributed by atoms with Crippen LogP contribution in [-0.4, -0.2) is 48.2 Å². The quantitative estimate of drug-likeness (QED) is 0.906. The van der Waals surface area contributed by atoms with Gasteiger partial charge < -0.3 is 15.1 Å². The highest BCUT2D eigenvalue weighted by Gasteiger charge is 2.20. The van der Waals surface area contributed by atoms with Crippen LogP contribution in [0.2, 0.25) is 0 Å². The molecule has 2 aromatic rings. The highest BCUT2D eigenvalue weighted by atomic mass is 32.1. The molecule has 1 aliphatic heterocycles. The number of thiazole rings is 1. The standard InChI is InChI=1S/C15H22N6S/c1-20(2)14-16-6-3-13(19-14)11-18-12-4-8-21(9-5-12)15-17-7-10-22-15/h3,6-7,10,12,18H,4-5,8-9,11H2,1-2H3. The average molecular weight is 318 g/mol. The Kier molecular flexibility index (Phi) is 4.84. The molecule has 0 amide bonds. The summed E-state index contributed by atoms with van der Waals surface area (Å²) in [5.74, 6) is 0.762. The summed E-state index contributed by atoms with van der Waals surface area (Å²) >= 11 is 1.72. The Morgan fingerprint density at radius 2 is 2.09 bits per heavy atom. The van der Waals surface area contributed by atoms with E-state index in [4.69, 9.17) is 0 Å². The maximum Gasteiger partial charge on any atom is 0.225 e. The predicted molar refractivity (Wildman–Crippen MR) is 90.5 cm³/mol. The first-order chi connectivity index (χ1) is 10.7. The van der Waals surface area contributed by atoms with Crippen molar-refractivity contribution in [3.63, 3.8) is 0 Å². The van der Waals surface area contributed by atoms with Crippen LogP contribution in [0.25, 0.3) is 0 Å². The molecular formula is C15H22N6S. The van der Waals surface area contributed by atoms with Crippen LogP contribution in [0.5, 0.6) is 0 Å². The largest absolute Gasteiger partial charge is 0.348 e. The molecule has 0 saturated carbocycles. The Morgan fingerprint density at radius 3 is 2.77 bits per heavy atom. The molecule has 7 heteroatoms. The molecule has 1 fully saturated rings. The van der Waals surface area contributed by atoms with Gasteiger partial charge in [0, 0.05) is 57.5 Å². The summed E-state index contributed by atoms with van der Waals surface area (Å²) in [4.78, 5) is 17.5. The van der Waals surface area contributed by atoms with E-state index in [-0.39, 0.29) is 0 Å². The number of nitrogens with one attached hydrogen (secondary N) is 1. The molecule has 0 aromatic carbocycles. The van der Waals surface area contributed by atoms with E-state index in [9.17, 15) is 0 Å². The molecular weight excluding hydrogens is 296 g/mol. The molecule has 1 N–H and O–H groups in total. The molecule has 0 unspecified atom stereocenters. The normalized spacial score (nSPS) is 16.0. The summed E-state index contributed by atoms with van der Waals surface area (Å²) in [6.45, 7) is 2.93. The molecule has 0 radical (unpaired) electrons. The van der Waals surface area contributed by atoms with Gasteiger partial charge in [-0.3, -0.25) is 0 Å². The molecule has 0 spiro atoms. The van der Waals surface area contributed by atoms with Crippen molar-refractivity contribution < 1.29 is 0 Å². The van der Waals surface area contributed by atoms with E-state index < -0.39 is 0 Å². The summed E-state index contributed by atoms with van der Waals surface area (Å²) in [6.07, 6.45) is 5.99. The van der Waals surface area contributed by atoms with Gasteiger partial charge in [0.2, 0.25) is 5.95 Å². The van der Waals surface area contributed by atoms with Crippen LogP contribution < -0.4 is 15.1 Å². The molecule has 22 heavy (non-hydrogen) atoms. The van der Waals surface area contributed by atoms with Crippen molar-refractivity contribution in [1.29, 1.82) is 0 Å². The van der Waals surface area contributed by atoms with E-state index in [0.29, 0.717) is 6.04 Å². The third kappa shape index (κ3) is 3.72. The Morgan fingerprint density at radius 1 is 1.27 bits per heavy atom. The van der Waals surface area contributed by atoms with E-state index in [1.807, 2.05) is 42.8 Å². The molecule has 0 atom stereocenters. The van der Waals surface area contributed by atoms with Crippen molar-refractivity contribution >= 4 is 22.4 Å². The molecule has 0 aliphatic carbocycles. The maximum atomic E-state index is 4.55. The maximum absolute atomic E-state index is 4.55. The Hall–Kier alpha value is -1.73. The van der Waals surface area contributed by atoms with E-state index in [1.54, 1.807) is 11.3 Å². The van der Waals surface area contributed by atoms with Crippen molar-refractivity contribution in [2.45, 2.75) is 25.4 Å². The first-order valence-corrected chi connectivity index (χ1v) is 8.47. The van der Waals surface area contributed by atoms with E-state index in [0.717, 1.165) is 49.2 Å². The molecule has 0 bridgehead atoms. The van der Waals surface area contributed by atoms with Gasteiger partial charge in [0.05, 0.1) is 5.69 Å². The third-order valence-corrected chi connectivity index (χ3v) is 4.69. The van der Waals surface area contributed by atoms with Crippen LogP contribution in [0.15, 0.2) is 23.8 Å². The monoisotopic (exact) mass is 318 g/mol. The fourth-order valence-electron chi connectivity index (χ4n) is 2.59. The van der Waals surface area contributed by atoms with Gasteiger partial charge in [-0.1, -0.05) is 0 Å². The lowest BCUT2D eigenvalue weighted by atomic mass is 10.1. The van der Waals surface area contributed by atoms with Gasteiger partial charge in [0.1, 0.15) is 0 Å². The molecule has 118 valence electrons. The zero-order valence-electron chi connectivity index (χ0n) is 13.1. The fourth-order valence-corrected chi connectivity index (χ4v) is 3.29. The summed E-state index contributed by atoms with van der Waals surface area (Å²) in [6, 6.07) is 2.53. The van der Waals surface area contributed by atoms with Crippen LogP contribution in [-0.2, 0) is 6.54 Å². The molecule has 6 nitrogen and oxygen atoms in total. The fraction of sp³-hybridized carbons (Fsp3) is 0.533. The zero-order chi connectivity index (χ0) is 15.4. The second kappa shape index (κ2) is 7.02. The summed E-state index contributed by atoms with van der Waals surface area (Å²) in [5, 5.41) is 6.80. The average Bonchev–Trinajstić information content (AvgIpc) is 3.08. The Labute approximate surface area is 135 Å². The molecule has 2 aromatic heterocycles. The summed E-state index contributed by atoms with van der Waals surface area (Å²) < 4.78 is 0. The first kappa shape index (κ1) is 15.2. The van der Waals surface area contributed by atoms with E-state index in [1.165, 1.54) is 0 Å². The lowest BCUT2D eigenvalue weighted by molar-refractivity contribution is 0.412. The Balaban J connectivity index is 1.48. The highest BCUT2D eigenvalue weighted by Crippen LogP contribution is 2.22. The number of anilines is 2. The smallest absolute Gasteiger partial charge is 0.225 e. The third-order valence-electron chi connectivity index (χ3n) is 3.86. The molecule has 3 rings (SSSR count). The Bertz CT molecular complexity index is 577. The number of nitrogens with zero attached hydrogens (tertiary/aromatic N) is 5. The first-order valence-electron chi connectivity index (χ1n) is 7.59. The number of hydrogen-bond donors (Lipinski definition) is 1. The topological polar surface area (TPSA) is 57.2 Å². The molecule has 1 aliphatic rings. The van der Waals surface area contributed by atoms with Gasteiger partial charge in [-0.25, -0.2) is 15.0 Å². The predicted octanol–water partition coefficient (Wildman–Crippen LogP) is 1.76.